The van der Waals surface area contributed by atoms with Gasteiger partial charge in [-0.25, -0.2) is 0 Å². The average Bonchev–Trinajstić information content (AvgIpc) is 3.20. The fraction of sp³-hybridized carbons (Fsp3) is 0.268. The van der Waals surface area contributed by atoms with Gasteiger partial charge in [0.1, 0.15) is 30.6 Å². The molecule has 0 unspecified atom stereocenters. The molecular formula is C41H42N6O5. The molecule has 4 atom stereocenters. The van der Waals surface area contributed by atoms with Gasteiger partial charge in [0.05, 0.1) is 39.6 Å². The minimum absolute atomic E-state index is 0.112. The maximum Gasteiger partial charge on any atom is 0.144 e. The number of azide groups is 1. The van der Waals surface area contributed by atoms with Crippen molar-refractivity contribution < 1.29 is 23.7 Å². The molecule has 0 spiro atoms. The van der Waals surface area contributed by atoms with Gasteiger partial charge in [0.15, 0.2) is 0 Å². The quantitative estimate of drug-likeness (QED) is 0.0402. The predicted octanol–water partition coefficient (Wildman–Crippen LogP) is 9.49. The Morgan fingerprint density at radius 1 is 0.404 bits per heavy atom. The largest absolute Gasteiger partial charge is 0.374 e. The van der Waals surface area contributed by atoms with E-state index in [4.69, 9.17) is 23.7 Å². The van der Waals surface area contributed by atoms with Crippen LogP contribution in [0.5, 0.6) is 0 Å². The Hall–Kier alpha value is -5.48. The molecule has 11 heteroatoms. The van der Waals surface area contributed by atoms with Crippen LogP contribution in [0.2, 0.25) is 0 Å². The molecule has 0 aromatic heterocycles. The van der Waals surface area contributed by atoms with Crippen LogP contribution in [0.3, 0.4) is 0 Å². The minimum atomic E-state index is -1.33. The van der Waals surface area contributed by atoms with Crippen LogP contribution < -0.4 is 0 Å². The predicted molar refractivity (Wildman–Crippen MR) is 198 cm³/mol. The van der Waals surface area contributed by atoms with Gasteiger partial charge in [0.25, 0.3) is 0 Å². The summed E-state index contributed by atoms with van der Waals surface area (Å²) in [6.07, 6.45) is -5.03. The SMILES string of the molecule is [N-]=[N+]=NC(N=[N+]=[N-])[C@@H](OCc1ccccc1)[C@@H](OCc1ccccc1)[C@H](OCc1ccccc1)[C@@H](COCc1ccccc1)OCc1ccccc1. The lowest BCUT2D eigenvalue weighted by molar-refractivity contribution is -0.203. The van der Waals surface area contributed by atoms with Gasteiger partial charge in [-0.2, -0.15) is 0 Å². The summed E-state index contributed by atoms with van der Waals surface area (Å²) in [7, 11) is 0. The standard InChI is InChI=1S/C41H42N6O5/c42-46-44-41(45-47-43)40(52-30-36-24-14-5-15-25-36)39(51-29-35-22-12-4-13-23-35)38(50-28-34-20-10-3-11-21-34)37(49-27-33-18-8-2-9-19-33)31-48-26-32-16-6-1-7-17-32/h1-25,37-41H,26-31H2/t37-,38-,39+,40+/m1/s1. The van der Waals surface area contributed by atoms with Crippen LogP contribution in [-0.2, 0) is 56.7 Å². The van der Waals surface area contributed by atoms with Crippen molar-refractivity contribution in [2.45, 2.75) is 63.6 Å². The van der Waals surface area contributed by atoms with Crippen molar-refractivity contribution in [1.82, 2.24) is 0 Å². The van der Waals surface area contributed by atoms with Gasteiger partial charge in [0.2, 0.25) is 0 Å². The smallest absolute Gasteiger partial charge is 0.144 e. The summed E-state index contributed by atoms with van der Waals surface area (Å²) < 4.78 is 33.1. The van der Waals surface area contributed by atoms with Gasteiger partial charge in [-0.3, -0.25) is 0 Å². The Morgan fingerprint density at radius 2 is 0.731 bits per heavy atom. The van der Waals surface area contributed by atoms with Crippen LogP contribution in [-0.4, -0.2) is 37.2 Å². The maximum atomic E-state index is 9.62. The summed E-state index contributed by atoms with van der Waals surface area (Å²) in [5.74, 6) is 0. The Bertz CT molecular complexity index is 1790. The molecule has 0 radical (unpaired) electrons. The summed E-state index contributed by atoms with van der Waals surface area (Å²) >= 11 is 0. The molecule has 0 aliphatic carbocycles. The molecule has 0 aliphatic rings. The lowest BCUT2D eigenvalue weighted by atomic mass is 9.99. The monoisotopic (exact) mass is 698 g/mol. The summed E-state index contributed by atoms with van der Waals surface area (Å²) in [6, 6.07) is 48.6. The van der Waals surface area contributed by atoms with Gasteiger partial charge < -0.3 is 23.7 Å². The third-order valence-electron chi connectivity index (χ3n) is 8.20. The molecule has 0 bridgehead atoms. The topological polar surface area (TPSA) is 144 Å². The summed E-state index contributed by atoms with van der Waals surface area (Å²) in [4.78, 5) is 6.03. The summed E-state index contributed by atoms with van der Waals surface area (Å²) in [6.45, 7) is 1.16. The third kappa shape index (κ3) is 12.4. The van der Waals surface area contributed by atoms with Crippen molar-refractivity contribution in [1.29, 1.82) is 0 Å². The highest BCUT2D eigenvalue weighted by Gasteiger charge is 2.42. The second kappa shape index (κ2) is 21.7. The molecule has 0 amide bonds. The molecular weight excluding hydrogens is 656 g/mol. The number of nitrogens with zero attached hydrogens (tertiary/aromatic N) is 6. The summed E-state index contributed by atoms with van der Waals surface area (Å²) in [5, 5.41) is 7.77. The minimum Gasteiger partial charge on any atom is -0.374 e. The molecule has 5 rings (SSSR count). The molecule has 52 heavy (non-hydrogen) atoms. The highest BCUT2D eigenvalue weighted by Crippen LogP contribution is 2.27. The Kier molecular flexibility index (Phi) is 15.7. The van der Waals surface area contributed by atoms with E-state index < -0.39 is 30.6 Å². The molecule has 0 saturated carbocycles. The number of hydrogen-bond donors (Lipinski definition) is 0. The lowest BCUT2D eigenvalue weighted by Gasteiger charge is -2.38. The molecule has 0 saturated heterocycles. The Balaban J connectivity index is 1.56. The second-order valence-electron chi connectivity index (χ2n) is 11.9. The van der Waals surface area contributed by atoms with Crippen LogP contribution >= 0.6 is 0 Å². The van der Waals surface area contributed by atoms with Crippen molar-refractivity contribution in [2.24, 2.45) is 10.2 Å². The highest BCUT2D eigenvalue weighted by molar-refractivity contribution is 5.17. The Labute approximate surface area is 304 Å². The van der Waals surface area contributed by atoms with Crippen LogP contribution in [0.25, 0.3) is 20.9 Å². The zero-order chi connectivity index (χ0) is 36.1. The van der Waals surface area contributed by atoms with Gasteiger partial charge in [-0.1, -0.05) is 162 Å². The van der Waals surface area contributed by atoms with Crippen LogP contribution in [0, 0.1) is 0 Å². The molecule has 0 aliphatic heterocycles. The zero-order valence-electron chi connectivity index (χ0n) is 28.8. The van der Waals surface area contributed by atoms with Gasteiger partial charge in [-0.15, -0.1) is 0 Å². The van der Waals surface area contributed by atoms with Gasteiger partial charge in [0, 0.05) is 9.82 Å². The van der Waals surface area contributed by atoms with Gasteiger partial charge in [-0.05, 0) is 38.9 Å². The van der Waals surface area contributed by atoms with E-state index in [1.807, 2.05) is 152 Å². The van der Waals surface area contributed by atoms with E-state index in [1.165, 1.54) is 0 Å². The van der Waals surface area contributed by atoms with Crippen molar-refractivity contribution in [3.8, 4) is 0 Å². The van der Waals surface area contributed by atoms with E-state index in [0.29, 0.717) is 6.61 Å². The van der Waals surface area contributed by atoms with Crippen molar-refractivity contribution in [3.63, 3.8) is 0 Å². The third-order valence-corrected chi connectivity index (χ3v) is 8.20. The fourth-order valence-corrected chi connectivity index (χ4v) is 5.58. The first-order valence-electron chi connectivity index (χ1n) is 17.1. The van der Waals surface area contributed by atoms with E-state index >= 15 is 0 Å². The van der Waals surface area contributed by atoms with Crippen LogP contribution in [0.15, 0.2) is 162 Å². The van der Waals surface area contributed by atoms with E-state index in [0.717, 1.165) is 27.8 Å². The number of benzene rings is 5. The maximum absolute atomic E-state index is 9.62. The first-order chi connectivity index (χ1) is 25.7. The zero-order valence-corrected chi connectivity index (χ0v) is 28.8. The Morgan fingerprint density at radius 3 is 1.12 bits per heavy atom. The average molecular weight is 699 g/mol. The molecule has 5 aromatic rings. The second-order valence-corrected chi connectivity index (χ2v) is 11.9. The molecule has 266 valence electrons. The number of rotatable bonds is 22. The normalized spacial score (nSPS) is 13.8. The molecule has 11 nitrogen and oxygen atoms in total. The fourth-order valence-electron chi connectivity index (χ4n) is 5.58. The number of hydrogen-bond acceptors (Lipinski definition) is 7. The highest BCUT2D eigenvalue weighted by atomic mass is 16.6. The van der Waals surface area contributed by atoms with E-state index in [-0.39, 0.29) is 33.0 Å². The number of ether oxygens (including phenoxy) is 5. The van der Waals surface area contributed by atoms with E-state index in [2.05, 4.69) is 20.1 Å². The van der Waals surface area contributed by atoms with Crippen LogP contribution in [0.4, 0.5) is 0 Å². The van der Waals surface area contributed by atoms with E-state index in [9.17, 15) is 11.1 Å². The van der Waals surface area contributed by atoms with E-state index in [1.54, 1.807) is 0 Å². The molecule has 0 heterocycles. The first-order valence-corrected chi connectivity index (χ1v) is 17.1. The van der Waals surface area contributed by atoms with Crippen LogP contribution in [0.1, 0.15) is 27.8 Å². The molecule has 5 aromatic carbocycles. The molecule has 0 N–H and O–H groups in total. The lowest BCUT2D eigenvalue weighted by Crippen LogP contribution is -2.53. The summed E-state index contributed by atoms with van der Waals surface area (Å²) in [5.41, 5.74) is 23.9. The van der Waals surface area contributed by atoms with Crippen molar-refractivity contribution >= 4 is 0 Å². The van der Waals surface area contributed by atoms with Crippen molar-refractivity contribution in [3.05, 3.63) is 200 Å². The van der Waals surface area contributed by atoms with Crippen molar-refractivity contribution in [2.75, 3.05) is 6.61 Å². The van der Waals surface area contributed by atoms with Gasteiger partial charge >= 0.3 is 0 Å². The molecule has 0 fully saturated rings. The first kappa shape index (κ1) is 37.8.